The van der Waals surface area contributed by atoms with Crippen molar-refractivity contribution in [2.75, 3.05) is 29.9 Å². The van der Waals surface area contributed by atoms with E-state index in [1.807, 2.05) is 0 Å². The highest BCUT2D eigenvalue weighted by Gasteiger charge is 2.27. The van der Waals surface area contributed by atoms with Crippen molar-refractivity contribution in [3.05, 3.63) is 11.4 Å². The Morgan fingerprint density at radius 2 is 2.05 bits per heavy atom. The second kappa shape index (κ2) is 7.07. The summed E-state index contributed by atoms with van der Waals surface area (Å²) in [6, 6.07) is 0.346. The Morgan fingerprint density at radius 1 is 1.29 bits per heavy atom. The van der Waals surface area contributed by atoms with Gasteiger partial charge < -0.3 is 15.0 Å². The Kier molecular flexibility index (Phi) is 5.39. The summed E-state index contributed by atoms with van der Waals surface area (Å²) >= 11 is 0. The topological polar surface area (TPSA) is 50.3 Å². The summed E-state index contributed by atoms with van der Waals surface area (Å²) in [4.78, 5) is 11.8. The summed E-state index contributed by atoms with van der Waals surface area (Å²) in [5.74, 6) is 2.94. The third-order valence-corrected chi connectivity index (χ3v) is 3.90. The van der Waals surface area contributed by atoms with Crippen LogP contribution in [0.25, 0.3) is 0 Å². The molecule has 2 heterocycles. The molecule has 1 saturated heterocycles. The summed E-state index contributed by atoms with van der Waals surface area (Å²) in [7, 11) is 0. The average Bonchev–Trinajstić information content (AvgIpc) is 2.49. The van der Waals surface area contributed by atoms with Crippen LogP contribution in [0.15, 0.2) is 0 Å². The first-order valence-corrected chi connectivity index (χ1v) is 8.06. The predicted octanol–water partition coefficient (Wildman–Crippen LogP) is 2.78. The molecule has 118 valence electrons. The predicted molar refractivity (Wildman–Crippen MR) is 87.1 cm³/mol. The van der Waals surface area contributed by atoms with Crippen molar-refractivity contribution in [2.45, 2.75) is 59.6 Å². The summed E-state index contributed by atoms with van der Waals surface area (Å²) in [6.45, 7) is 13.3. The monoisotopic (exact) mass is 292 g/mol. The molecule has 1 aliphatic heterocycles. The molecule has 21 heavy (non-hydrogen) atoms. The number of anilines is 2. The Morgan fingerprint density at radius 3 is 2.71 bits per heavy atom. The van der Waals surface area contributed by atoms with E-state index in [9.17, 15) is 0 Å². The molecule has 0 bridgehead atoms. The molecule has 2 atom stereocenters. The molecule has 0 amide bonds. The highest BCUT2D eigenvalue weighted by Crippen LogP contribution is 2.27. The molecule has 1 aliphatic rings. The van der Waals surface area contributed by atoms with Crippen molar-refractivity contribution in [1.29, 1.82) is 0 Å². The fraction of sp³-hybridized carbons (Fsp3) is 0.750. The van der Waals surface area contributed by atoms with E-state index in [2.05, 4.69) is 49.8 Å². The lowest BCUT2D eigenvalue weighted by Crippen LogP contribution is -2.48. The number of nitrogens with zero attached hydrogens (tertiary/aromatic N) is 3. The van der Waals surface area contributed by atoms with Gasteiger partial charge in [0.25, 0.3) is 0 Å². The highest BCUT2D eigenvalue weighted by atomic mass is 16.5. The number of nitrogens with one attached hydrogen (secondary N) is 1. The summed E-state index contributed by atoms with van der Waals surface area (Å²) in [5, 5.41) is 3.43. The van der Waals surface area contributed by atoms with Gasteiger partial charge in [-0.25, -0.2) is 9.97 Å². The minimum absolute atomic E-state index is 0.243. The van der Waals surface area contributed by atoms with Gasteiger partial charge in [0, 0.05) is 25.1 Å². The minimum atomic E-state index is 0.243. The van der Waals surface area contributed by atoms with Gasteiger partial charge >= 0.3 is 0 Å². The molecule has 5 heteroatoms. The van der Waals surface area contributed by atoms with Gasteiger partial charge in [-0.2, -0.15) is 0 Å². The van der Waals surface area contributed by atoms with Gasteiger partial charge in [-0.05, 0) is 27.2 Å². The standard InChI is InChI=1S/C16H28N4O/c1-6-8-17-15-13(5)16(19-14(7-2)18-15)20-9-12(4)21-10-11(20)3/h11-12H,6-10H2,1-5H3,(H,17,18,19). The number of hydrogen-bond acceptors (Lipinski definition) is 5. The molecule has 0 saturated carbocycles. The molecule has 1 fully saturated rings. The quantitative estimate of drug-likeness (QED) is 0.904. The lowest BCUT2D eigenvalue weighted by molar-refractivity contribution is 0.0340. The molecular formula is C16H28N4O. The molecule has 0 radical (unpaired) electrons. The van der Waals surface area contributed by atoms with E-state index < -0.39 is 0 Å². The lowest BCUT2D eigenvalue weighted by Gasteiger charge is -2.38. The smallest absolute Gasteiger partial charge is 0.137 e. The third kappa shape index (κ3) is 3.64. The molecule has 0 aromatic carbocycles. The van der Waals surface area contributed by atoms with Gasteiger partial charge in [-0.1, -0.05) is 13.8 Å². The van der Waals surface area contributed by atoms with Crippen LogP contribution in [0, 0.1) is 6.92 Å². The van der Waals surface area contributed by atoms with Gasteiger partial charge in [-0.15, -0.1) is 0 Å². The van der Waals surface area contributed by atoms with E-state index >= 15 is 0 Å². The highest BCUT2D eigenvalue weighted by molar-refractivity contribution is 5.59. The molecule has 1 aromatic rings. The Bertz CT molecular complexity index is 478. The summed E-state index contributed by atoms with van der Waals surface area (Å²) < 4.78 is 5.73. The lowest BCUT2D eigenvalue weighted by atomic mass is 10.1. The van der Waals surface area contributed by atoms with Crippen molar-refractivity contribution in [1.82, 2.24) is 9.97 Å². The molecule has 2 rings (SSSR count). The summed E-state index contributed by atoms with van der Waals surface area (Å²) in [6.07, 6.45) is 2.18. The maximum Gasteiger partial charge on any atom is 0.137 e. The normalized spacial score (nSPS) is 22.4. The van der Waals surface area contributed by atoms with Gasteiger partial charge in [0.2, 0.25) is 0 Å². The van der Waals surface area contributed by atoms with Crippen LogP contribution in [0.4, 0.5) is 11.6 Å². The van der Waals surface area contributed by atoms with Crippen LogP contribution in [0.2, 0.25) is 0 Å². The van der Waals surface area contributed by atoms with Crippen LogP contribution < -0.4 is 10.2 Å². The zero-order valence-electron chi connectivity index (χ0n) is 13.9. The largest absolute Gasteiger partial charge is 0.375 e. The van der Waals surface area contributed by atoms with Gasteiger partial charge in [0.1, 0.15) is 17.5 Å². The van der Waals surface area contributed by atoms with Gasteiger partial charge in [-0.3, -0.25) is 0 Å². The fourth-order valence-corrected chi connectivity index (χ4v) is 2.60. The summed E-state index contributed by atoms with van der Waals surface area (Å²) in [5.41, 5.74) is 1.14. The Labute approximate surface area is 128 Å². The number of hydrogen-bond donors (Lipinski definition) is 1. The zero-order valence-corrected chi connectivity index (χ0v) is 13.9. The Balaban J connectivity index is 2.36. The van der Waals surface area contributed by atoms with E-state index in [-0.39, 0.29) is 6.10 Å². The average molecular weight is 292 g/mol. The molecule has 0 spiro atoms. The maximum atomic E-state index is 5.73. The first-order valence-electron chi connectivity index (χ1n) is 8.06. The fourth-order valence-electron chi connectivity index (χ4n) is 2.60. The number of rotatable bonds is 5. The van der Waals surface area contributed by atoms with Crippen LogP contribution in [0.5, 0.6) is 0 Å². The zero-order chi connectivity index (χ0) is 15.4. The van der Waals surface area contributed by atoms with Gasteiger partial charge in [0.15, 0.2) is 0 Å². The third-order valence-electron chi connectivity index (χ3n) is 3.90. The van der Waals surface area contributed by atoms with Crippen LogP contribution in [0.3, 0.4) is 0 Å². The van der Waals surface area contributed by atoms with E-state index in [4.69, 9.17) is 9.72 Å². The Hall–Kier alpha value is -1.36. The van der Waals surface area contributed by atoms with Crippen molar-refractivity contribution in [2.24, 2.45) is 0 Å². The minimum Gasteiger partial charge on any atom is -0.375 e. The molecule has 5 nitrogen and oxygen atoms in total. The molecule has 0 aliphatic carbocycles. The van der Waals surface area contributed by atoms with E-state index in [1.54, 1.807) is 0 Å². The van der Waals surface area contributed by atoms with Crippen LogP contribution >= 0.6 is 0 Å². The molecule has 1 aromatic heterocycles. The van der Waals surface area contributed by atoms with Gasteiger partial charge in [0.05, 0.1) is 18.8 Å². The first kappa shape index (κ1) is 16.0. The van der Waals surface area contributed by atoms with E-state index in [0.29, 0.717) is 6.04 Å². The number of aryl methyl sites for hydroxylation is 1. The van der Waals surface area contributed by atoms with E-state index in [0.717, 1.165) is 55.6 Å². The van der Waals surface area contributed by atoms with Crippen LogP contribution in [0.1, 0.15) is 45.5 Å². The van der Waals surface area contributed by atoms with Crippen LogP contribution in [-0.2, 0) is 11.2 Å². The number of aromatic nitrogens is 2. The molecule has 1 N–H and O–H groups in total. The second-order valence-corrected chi connectivity index (χ2v) is 5.86. The SMILES string of the molecule is CCCNc1nc(CC)nc(N2CC(C)OCC2C)c1C. The number of morpholine rings is 1. The molecule has 2 unspecified atom stereocenters. The maximum absolute atomic E-state index is 5.73. The van der Waals surface area contributed by atoms with Crippen LogP contribution in [-0.4, -0.2) is 41.8 Å². The van der Waals surface area contributed by atoms with Crippen molar-refractivity contribution in [3.63, 3.8) is 0 Å². The first-order chi connectivity index (χ1) is 10.1. The van der Waals surface area contributed by atoms with Crippen molar-refractivity contribution in [3.8, 4) is 0 Å². The van der Waals surface area contributed by atoms with Crippen molar-refractivity contribution < 1.29 is 4.74 Å². The second-order valence-electron chi connectivity index (χ2n) is 5.86. The number of ether oxygens (including phenoxy) is 1. The van der Waals surface area contributed by atoms with E-state index in [1.165, 1.54) is 0 Å². The molecular weight excluding hydrogens is 264 g/mol. The van der Waals surface area contributed by atoms with Crippen molar-refractivity contribution >= 4 is 11.6 Å².